The number of aryl methyl sites for hydroxylation is 2. The van der Waals surface area contributed by atoms with Gasteiger partial charge in [0.25, 0.3) is 5.56 Å². The summed E-state index contributed by atoms with van der Waals surface area (Å²) in [6, 6.07) is 12.5. The van der Waals surface area contributed by atoms with Gasteiger partial charge in [0.05, 0.1) is 17.0 Å². The van der Waals surface area contributed by atoms with Gasteiger partial charge in [-0.15, -0.1) is 0 Å². The van der Waals surface area contributed by atoms with Gasteiger partial charge in [0.15, 0.2) is 5.16 Å². The van der Waals surface area contributed by atoms with Crippen LogP contribution >= 0.6 is 11.8 Å². The van der Waals surface area contributed by atoms with E-state index in [0.717, 1.165) is 36.3 Å². The molecule has 0 saturated heterocycles. The van der Waals surface area contributed by atoms with Crippen LogP contribution in [0.3, 0.4) is 0 Å². The van der Waals surface area contributed by atoms with Crippen LogP contribution in [0, 0.1) is 5.82 Å². The number of aromatic amines is 1. The Hall–Kier alpha value is -2.97. The minimum absolute atomic E-state index is 0.121. The summed E-state index contributed by atoms with van der Waals surface area (Å²) in [5.74, 6) is -0.201. The van der Waals surface area contributed by atoms with Crippen molar-refractivity contribution in [3.63, 3.8) is 0 Å². The molecule has 0 unspecified atom stereocenters. The molecular formula is C25H25FN4O2S. The third-order valence-corrected chi connectivity index (χ3v) is 7.04. The molecule has 0 atom stereocenters. The normalized spacial score (nSPS) is 15.2. The third-order valence-electron chi connectivity index (χ3n) is 6.17. The largest absolute Gasteiger partial charge is 0.325 e. The van der Waals surface area contributed by atoms with Gasteiger partial charge in [-0.3, -0.25) is 14.5 Å². The molecule has 1 aliphatic carbocycles. The highest BCUT2D eigenvalue weighted by atomic mass is 32.2. The van der Waals surface area contributed by atoms with E-state index in [4.69, 9.17) is 0 Å². The van der Waals surface area contributed by atoms with Gasteiger partial charge >= 0.3 is 0 Å². The molecule has 0 radical (unpaired) electrons. The Balaban J connectivity index is 1.19. The van der Waals surface area contributed by atoms with Crippen LogP contribution in [0.1, 0.15) is 34.4 Å². The number of nitrogens with zero attached hydrogens (tertiary/aromatic N) is 2. The molecule has 2 aromatic carbocycles. The van der Waals surface area contributed by atoms with Crippen LogP contribution in [0.2, 0.25) is 0 Å². The molecule has 0 bridgehead atoms. The number of hydrogen-bond acceptors (Lipinski definition) is 5. The molecule has 1 aliphatic heterocycles. The van der Waals surface area contributed by atoms with Gasteiger partial charge < -0.3 is 10.3 Å². The zero-order valence-electron chi connectivity index (χ0n) is 18.2. The summed E-state index contributed by atoms with van der Waals surface area (Å²) in [6.07, 6.45) is 4.01. The lowest BCUT2D eigenvalue weighted by Gasteiger charge is -2.27. The first-order valence-electron chi connectivity index (χ1n) is 11.2. The Morgan fingerprint density at radius 3 is 2.79 bits per heavy atom. The van der Waals surface area contributed by atoms with Gasteiger partial charge in [-0.05, 0) is 60.2 Å². The van der Waals surface area contributed by atoms with Crippen LogP contribution in [-0.2, 0) is 37.1 Å². The van der Waals surface area contributed by atoms with E-state index in [1.54, 1.807) is 12.1 Å². The van der Waals surface area contributed by atoms with Crippen molar-refractivity contribution in [2.24, 2.45) is 0 Å². The highest BCUT2D eigenvalue weighted by Gasteiger charge is 2.22. The zero-order chi connectivity index (χ0) is 22.8. The number of carbonyl (C=O) groups is 1. The van der Waals surface area contributed by atoms with Crippen molar-refractivity contribution in [1.82, 2.24) is 14.9 Å². The van der Waals surface area contributed by atoms with Crippen LogP contribution in [0.5, 0.6) is 0 Å². The molecule has 8 heteroatoms. The summed E-state index contributed by atoms with van der Waals surface area (Å²) < 4.78 is 13.1. The summed E-state index contributed by atoms with van der Waals surface area (Å²) in [5, 5.41) is 3.41. The fraction of sp³-hybridized carbons (Fsp3) is 0.320. The first-order chi connectivity index (χ1) is 16.0. The number of nitrogens with one attached hydrogen (secondary N) is 2. The maximum absolute atomic E-state index is 13.1. The lowest BCUT2D eigenvalue weighted by molar-refractivity contribution is -0.113. The van der Waals surface area contributed by atoms with E-state index < -0.39 is 0 Å². The number of H-pyrrole nitrogens is 1. The van der Waals surface area contributed by atoms with Gasteiger partial charge in [-0.1, -0.05) is 30.0 Å². The molecule has 33 heavy (non-hydrogen) atoms. The van der Waals surface area contributed by atoms with E-state index in [9.17, 15) is 14.0 Å². The van der Waals surface area contributed by atoms with E-state index >= 15 is 0 Å². The molecule has 0 saturated carbocycles. The maximum atomic E-state index is 13.1. The van der Waals surface area contributed by atoms with E-state index in [1.807, 2.05) is 6.07 Å². The highest BCUT2D eigenvalue weighted by molar-refractivity contribution is 7.99. The van der Waals surface area contributed by atoms with Gasteiger partial charge in [0.2, 0.25) is 5.91 Å². The quantitative estimate of drug-likeness (QED) is 0.430. The predicted octanol–water partition coefficient (Wildman–Crippen LogP) is 3.69. The fourth-order valence-corrected chi connectivity index (χ4v) is 5.17. The zero-order valence-corrected chi connectivity index (χ0v) is 19.0. The van der Waals surface area contributed by atoms with Crippen LogP contribution in [0.25, 0.3) is 0 Å². The lowest BCUT2D eigenvalue weighted by Crippen LogP contribution is -2.35. The fourth-order valence-electron chi connectivity index (χ4n) is 4.49. The Labute approximate surface area is 195 Å². The van der Waals surface area contributed by atoms with E-state index in [0.29, 0.717) is 30.2 Å². The molecule has 170 valence electrons. The number of hydrogen-bond donors (Lipinski definition) is 2. The second kappa shape index (κ2) is 9.49. The van der Waals surface area contributed by atoms with Crippen molar-refractivity contribution < 1.29 is 9.18 Å². The average molecular weight is 465 g/mol. The standard InChI is InChI=1S/C25H25FN4O2S/c26-19-7-4-16(5-8-19)13-30-11-10-22-21(14-30)24(32)29-25(28-22)33-15-23(31)27-20-9-6-17-2-1-3-18(17)12-20/h4-9,12H,1-3,10-11,13-15H2,(H,27,31)(H,28,29,32). The smallest absolute Gasteiger partial charge is 0.256 e. The maximum Gasteiger partial charge on any atom is 0.256 e. The molecule has 0 spiro atoms. The molecule has 3 aromatic rings. The Morgan fingerprint density at radius 1 is 1.12 bits per heavy atom. The van der Waals surface area contributed by atoms with E-state index in [-0.39, 0.29) is 23.0 Å². The Bertz CT molecular complexity index is 1240. The molecular weight excluding hydrogens is 439 g/mol. The van der Waals surface area contributed by atoms with Crippen molar-refractivity contribution in [3.05, 3.63) is 86.6 Å². The third kappa shape index (κ3) is 5.17. The number of amides is 1. The van der Waals surface area contributed by atoms with Crippen molar-refractivity contribution in [1.29, 1.82) is 0 Å². The second-order valence-corrected chi connectivity index (χ2v) is 9.52. The number of aromatic nitrogens is 2. The molecule has 2 N–H and O–H groups in total. The van der Waals surface area contributed by atoms with Crippen molar-refractivity contribution in [2.45, 2.75) is 43.9 Å². The minimum Gasteiger partial charge on any atom is -0.325 e. The number of halogens is 1. The first-order valence-corrected chi connectivity index (χ1v) is 12.2. The van der Waals surface area contributed by atoms with Gasteiger partial charge in [-0.2, -0.15) is 0 Å². The molecule has 5 rings (SSSR count). The molecule has 2 aliphatic rings. The first kappa shape index (κ1) is 21.9. The molecule has 0 fully saturated rings. The van der Waals surface area contributed by atoms with Crippen LogP contribution in [-0.4, -0.2) is 33.1 Å². The van der Waals surface area contributed by atoms with E-state index in [2.05, 4.69) is 32.3 Å². The van der Waals surface area contributed by atoms with Gasteiger partial charge in [-0.25, -0.2) is 9.37 Å². The minimum atomic E-state index is -0.255. The number of fused-ring (bicyclic) bond motifs is 2. The number of carbonyl (C=O) groups excluding carboxylic acids is 1. The van der Waals surface area contributed by atoms with E-state index in [1.165, 1.54) is 41.4 Å². The summed E-state index contributed by atoms with van der Waals surface area (Å²) in [7, 11) is 0. The topological polar surface area (TPSA) is 78.1 Å². The highest BCUT2D eigenvalue weighted by Crippen LogP contribution is 2.25. The Morgan fingerprint density at radius 2 is 1.94 bits per heavy atom. The van der Waals surface area contributed by atoms with Crippen molar-refractivity contribution in [2.75, 3.05) is 17.6 Å². The van der Waals surface area contributed by atoms with Crippen LogP contribution < -0.4 is 10.9 Å². The van der Waals surface area contributed by atoms with Crippen molar-refractivity contribution in [3.8, 4) is 0 Å². The molecule has 1 amide bonds. The summed E-state index contributed by atoms with van der Waals surface area (Å²) in [5.41, 5.74) is 5.79. The summed E-state index contributed by atoms with van der Waals surface area (Å²) in [6.45, 7) is 1.92. The van der Waals surface area contributed by atoms with Crippen LogP contribution in [0.4, 0.5) is 10.1 Å². The molecule has 1 aromatic heterocycles. The monoisotopic (exact) mass is 464 g/mol. The molecule has 2 heterocycles. The number of thioether (sulfide) groups is 1. The number of rotatable bonds is 6. The average Bonchev–Trinajstić information content (AvgIpc) is 3.28. The Kier molecular flexibility index (Phi) is 6.28. The lowest BCUT2D eigenvalue weighted by atomic mass is 10.1. The second-order valence-electron chi connectivity index (χ2n) is 8.56. The summed E-state index contributed by atoms with van der Waals surface area (Å²) >= 11 is 1.24. The van der Waals surface area contributed by atoms with Crippen LogP contribution in [0.15, 0.2) is 52.4 Å². The SMILES string of the molecule is O=C(CSc1nc2c(c(=O)[nH]1)CN(Cc1ccc(F)cc1)CC2)Nc1ccc2c(c1)CCC2. The van der Waals surface area contributed by atoms with Gasteiger partial charge in [0, 0.05) is 31.7 Å². The van der Waals surface area contributed by atoms with Gasteiger partial charge in [0.1, 0.15) is 5.82 Å². The predicted molar refractivity (Wildman–Crippen MR) is 127 cm³/mol. The number of anilines is 1. The number of benzene rings is 2. The summed E-state index contributed by atoms with van der Waals surface area (Å²) in [4.78, 5) is 34.7. The molecule has 6 nitrogen and oxygen atoms in total. The van der Waals surface area contributed by atoms with Crippen molar-refractivity contribution >= 4 is 23.4 Å².